The highest BCUT2D eigenvalue weighted by Crippen LogP contribution is 2.18. The minimum Gasteiger partial charge on any atom is -0.306 e. The van der Waals surface area contributed by atoms with Gasteiger partial charge in [-0.3, -0.25) is 0 Å². The molecule has 0 fully saturated rings. The largest absolute Gasteiger partial charge is 0.306 e. The van der Waals surface area contributed by atoms with Crippen LogP contribution in [0.1, 0.15) is 26.3 Å². The van der Waals surface area contributed by atoms with Crippen LogP contribution in [-0.4, -0.2) is 10.9 Å². The Labute approximate surface area is 106 Å². The number of benzene rings is 1. The topological polar surface area (TPSA) is 12.0 Å². The van der Waals surface area contributed by atoms with Crippen LogP contribution in [0.5, 0.6) is 0 Å². The Hall–Kier alpha value is -0.310. The predicted molar refractivity (Wildman–Crippen MR) is 67.6 cm³/mol. The van der Waals surface area contributed by atoms with Gasteiger partial charge in [0, 0.05) is 17.5 Å². The summed E-state index contributed by atoms with van der Waals surface area (Å²) in [6, 6.07) is 4.71. The van der Waals surface area contributed by atoms with Crippen LogP contribution in [0.2, 0.25) is 5.02 Å². The summed E-state index contributed by atoms with van der Waals surface area (Å²) in [5.41, 5.74) is 0.763. The van der Waals surface area contributed by atoms with Gasteiger partial charge in [0.05, 0.1) is 5.02 Å². The quantitative estimate of drug-likeness (QED) is 0.811. The van der Waals surface area contributed by atoms with E-state index >= 15 is 0 Å². The molecular formula is C12H16Cl2FN. The summed E-state index contributed by atoms with van der Waals surface area (Å²) in [5, 5.41) is 3.46. The zero-order valence-electron chi connectivity index (χ0n) is 9.65. The smallest absolute Gasteiger partial charge is 0.141 e. The van der Waals surface area contributed by atoms with Gasteiger partial charge >= 0.3 is 0 Å². The lowest BCUT2D eigenvalue weighted by Crippen LogP contribution is -2.45. The van der Waals surface area contributed by atoms with Gasteiger partial charge in [-0.05, 0) is 38.5 Å². The van der Waals surface area contributed by atoms with E-state index in [-0.39, 0.29) is 15.9 Å². The average molecular weight is 264 g/mol. The molecule has 1 unspecified atom stereocenters. The molecule has 1 rings (SSSR count). The molecule has 0 radical (unpaired) electrons. The van der Waals surface area contributed by atoms with Gasteiger partial charge in [0.1, 0.15) is 5.82 Å². The SMILES string of the molecule is CC(Cl)C(C)(C)NCc1ccc(F)c(Cl)c1. The maximum absolute atomic E-state index is 12.9. The molecule has 0 amide bonds. The third-order valence-corrected chi connectivity index (χ3v) is 3.56. The molecule has 16 heavy (non-hydrogen) atoms. The van der Waals surface area contributed by atoms with Gasteiger partial charge in [0.15, 0.2) is 0 Å². The van der Waals surface area contributed by atoms with Crippen LogP contribution in [0.15, 0.2) is 18.2 Å². The Morgan fingerprint density at radius 3 is 2.56 bits per heavy atom. The van der Waals surface area contributed by atoms with Crippen molar-refractivity contribution in [3.05, 3.63) is 34.6 Å². The van der Waals surface area contributed by atoms with Crippen molar-refractivity contribution in [3.63, 3.8) is 0 Å². The summed E-state index contributed by atoms with van der Waals surface area (Å²) in [6.07, 6.45) is 0. The second-order valence-electron chi connectivity index (χ2n) is 4.44. The zero-order valence-corrected chi connectivity index (χ0v) is 11.2. The van der Waals surface area contributed by atoms with Gasteiger partial charge in [0.25, 0.3) is 0 Å². The van der Waals surface area contributed by atoms with Crippen molar-refractivity contribution in [3.8, 4) is 0 Å². The Balaban J connectivity index is 2.65. The monoisotopic (exact) mass is 263 g/mol. The molecule has 1 aromatic rings. The fourth-order valence-electron chi connectivity index (χ4n) is 1.12. The second-order valence-corrected chi connectivity index (χ2v) is 5.50. The van der Waals surface area contributed by atoms with Crippen LogP contribution >= 0.6 is 23.2 Å². The lowest BCUT2D eigenvalue weighted by molar-refractivity contribution is 0.380. The Morgan fingerprint density at radius 1 is 1.44 bits per heavy atom. The first-order valence-electron chi connectivity index (χ1n) is 5.16. The van der Waals surface area contributed by atoms with Crippen LogP contribution in [0, 0.1) is 5.82 Å². The first kappa shape index (κ1) is 13.8. The standard InChI is InChI=1S/C12H16Cl2FN/c1-8(13)12(2,3)16-7-9-4-5-11(15)10(14)6-9/h4-6,8,16H,7H2,1-3H3. The third kappa shape index (κ3) is 3.62. The number of rotatable bonds is 4. The maximum atomic E-state index is 12.9. The van der Waals surface area contributed by atoms with Gasteiger partial charge in [0.2, 0.25) is 0 Å². The van der Waals surface area contributed by atoms with Gasteiger partial charge in [-0.1, -0.05) is 17.7 Å². The lowest BCUT2D eigenvalue weighted by atomic mass is 10.0. The molecule has 1 atom stereocenters. The molecule has 1 nitrogen and oxygen atoms in total. The molecule has 1 aromatic carbocycles. The molecule has 0 aromatic heterocycles. The summed E-state index contributed by atoms with van der Waals surface area (Å²) < 4.78 is 12.9. The fourth-order valence-corrected chi connectivity index (χ4v) is 1.40. The highest BCUT2D eigenvalue weighted by atomic mass is 35.5. The number of nitrogens with one attached hydrogen (secondary N) is 1. The summed E-state index contributed by atoms with van der Waals surface area (Å²) >= 11 is 11.7. The van der Waals surface area contributed by atoms with E-state index in [0.29, 0.717) is 6.54 Å². The van der Waals surface area contributed by atoms with Crippen molar-refractivity contribution < 1.29 is 4.39 Å². The molecule has 0 aliphatic carbocycles. The van der Waals surface area contributed by atoms with Crippen molar-refractivity contribution in [1.82, 2.24) is 5.32 Å². The number of halogens is 3. The van der Waals surface area contributed by atoms with Crippen LogP contribution < -0.4 is 5.32 Å². The normalized spacial score (nSPS) is 13.9. The van der Waals surface area contributed by atoms with Gasteiger partial charge in [-0.25, -0.2) is 4.39 Å². The average Bonchev–Trinajstić information content (AvgIpc) is 2.20. The summed E-state index contributed by atoms with van der Waals surface area (Å²) in [4.78, 5) is 0. The molecule has 0 aliphatic heterocycles. The van der Waals surface area contributed by atoms with Crippen molar-refractivity contribution in [2.24, 2.45) is 0 Å². The molecule has 0 heterocycles. The first-order valence-corrected chi connectivity index (χ1v) is 5.97. The molecule has 0 saturated heterocycles. The summed E-state index contributed by atoms with van der Waals surface area (Å²) in [5.74, 6) is -0.393. The molecule has 0 saturated carbocycles. The van der Waals surface area contributed by atoms with Crippen LogP contribution in [0.3, 0.4) is 0 Å². The van der Waals surface area contributed by atoms with Gasteiger partial charge in [-0.2, -0.15) is 0 Å². The van der Waals surface area contributed by atoms with Crippen LogP contribution in [0.4, 0.5) is 4.39 Å². The summed E-state index contributed by atoms with van der Waals surface area (Å²) in [7, 11) is 0. The first-order chi connectivity index (χ1) is 7.33. The van der Waals surface area contributed by atoms with E-state index in [1.54, 1.807) is 12.1 Å². The van der Waals surface area contributed by atoms with Crippen molar-refractivity contribution in [1.29, 1.82) is 0 Å². The predicted octanol–water partition coefficient (Wildman–Crippen LogP) is 3.97. The zero-order chi connectivity index (χ0) is 12.3. The van der Waals surface area contributed by atoms with Crippen molar-refractivity contribution >= 4 is 23.2 Å². The molecule has 0 aliphatic rings. The van der Waals surface area contributed by atoms with E-state index in [9.17, 15) is 4.39 Å². The van der Waals surface area contributed by atoms with E-state index in [0.717, 1.165) is 5.56 Å². The van der Waals surface area contributed by atoms with Crippen LogP contribution in [-0.2, 0) is 6.54 Å². The number of hydrogen-bond acceptors (Lipinski definition) is 1. The number of hydrogen-bond donors (Lipinski definition) is 1. The van der Waals surface area contributed by atoms with Gasteiger partial charge in [-0.15, -0.1) is 11.6 Å². The Kier molecular flexibility index (Phi) is 4.60. The molecular weight excluding hydrogens is 248 g/mol. The number of alkyl halides is 1. The van der Waals surface area contributed by atoms with E-state index in [1.807, 2.05) is 20.8 Å². The van der Waals surface area contributed by atoms with Gasteiger partial charge < -0.3 is 5.32 Å². The third-order valence-electron chi connectivity index (χ3n) is 2.73. The molecule has 1 N–H and O–H groups in total. The molecule has 0 bridgehead atoms. The minimum absolute atomic E-state index is 0.00317. The molecule has 90 valence electrons. The Bertz CT molecular complexity index is 364. The van der Waals surface area contributed by atoms with E-state index in [1.165, 1.54) is 6.07 Å². The van der Waals surface area contributed by atoms with Crippen molar-refractivity contribution in [2.75, 3.05) is 0 Å². The lowest BCUT2D eigenvalue weighted by Gasteiger charge is -2.29. The maximum Gasteiger partial charge on any atom is 0.141 e. The van der Waals surface area contributed by atoms with E-state index < -0.39 is 5.82 Å². The Morgan fingerprint density at radius 2 is 2.06 bits per heavy atom. The minimum atomic E-state index is -0.393. The highest BCUT2D eigenvalue weighted by molar-refractivity contribution is 6.30. The fraction of sp³-hybridized carbons (Fsp3) is 0.500. The molecule has 0 spiro atoms. The van der Waals surface area contributed by atoms with E-state index in [4.69, 9.17) is 23.2 Å². The van der Waals surface area contributed by atoms with E-state index in [2.05, 4.69) is 5.32 Å². The second kappa shape index (κ2) is 5.35. The summed E-state index contributed by atoms with van der Waals surface area (Å²) in [6.45, 7) is 6.60. The van der Waals surface area contributed by atoms with Crippen LogP contribution in [0.25, 0.3) is 0 Å². The molecule has 4 heteroatoms. The highest BCUT2D eigenvalue weighted by Gasteiger charge is 2.22. The van der Waals surface area contributed by atoms with Crippen molar-refractivity contribution in [2.45, 2.75) is 38.2 Å².